The number of hydrogen-bond acceptors (Lipinski definition) is 7. The van der Waals surface area contributed by atoms with Gasteiger partial charge in [-0.25, -0.2) is 4.98 Å². The van der Waals surface area contributed by atoms with Gasteiger partial charge in [-0.1, -0.05) is 26.8 Å². The zero-order chi connectivity index (χ0) is 26.6. The van der Waals surface area contributed by atoms with Crippen LogP contribution in [-0.4, -0.2) is 52.9 Å². The Morgan fingerprint density at radius 3 is 2.59 bits per heavy atom. The van der Waals surface area contributed by atoms with Crippen molar-refractivity contribution in [1.29, 1.82) is 0 Å². The lowest BCUT2D eigenvalue weighted by Gasteiger charge is -2.27. The first-order valence-electron chi connectivity index (χ1n) is 13.0. The number of benzene rings is 1. The van der Waals surface area contributed by atoms with E-state index in [1.54, 1.807) is 12.4 Å². The number of aryl methyl sites for hydroxylation is 1. The van der Waals surface area contributed by atoms with Crippen LogP contribution in [0.4, 0.5) is 23.1 Å². The topological polar surface area (TPSA) is 95.1 Å². The second-order valence-corrected chi connectivity index (χ2v) is 11.1. The van der Waals surface area contributed by atoms with E-state index in [9.17, 15) is 4.79 Å². The summed E-state index contributed by atoms with van der Waals surface area (Å²) in [6, 6.07) is 10.4. The van der Waals surface area contributed by atoms with Crippen molar-refractivity contribution in [2.75, 3.05) is 37.8 Å². The second-order valence-electron chi connectivity index (χ2n) is 11.1. The van der Waals surface area contributed by atoms with Gasteiger partial charge in [0.25, 0.3) is 5.91 Å². The molecule has 3 N–H and O–H groups in total. The molecule has 0 saturated heterocycles. The van der Waals surface area contributed by atoms with Crippen LogP contribution in [0.5, 0.6) is 0 Å². The number of nitrogens with zero attached hydrogens (tertiary/aromatic N) is 4. The maximum atomic E-state index is 12.7. The summed E-state index contributed by atoms with van der Waals surface area (Å²) in [7, 11) is 4.28. The number of carbonyl (C=O) groups excluding carboxylic acids is 1. The van der Waals surface area contributed by atoms with Gasteiger partial charge in [0.2, 0.25) is 5.95 Å². The van der Waals surface area contributed by atoms with Crippen molar-refractivity contribution in [1.82, 2.24) is 25.2 Å². The smallest absolute Gasteiger partial charge is 0.256 e. The van der Waals surface area contributed by atoms with E-state index >= 15 is 0 Å². The maximum absolute atomic E-state index is 12.7. The number of nitrogens with one attached hydrogen (secondary N) is 3. The average molecular weight is 504 g/mol. The van der Waals surface area contributed by atoms with Crippen LogP contribution in [0.1, 0.15) is 62.7 Å². The molecule has 1 atom stereocenters. The van der Waals surface area contributed by atoms with Crippen LogP contribution >= 0.6 is 0 Å². The van der Waals surface area contributed by atoms with Crippen molar-refractivity contribution < 1.29 is 6.22 Å². The van der Waals surface area contributed by atoms with Gasteiger partial charge in [0.05, 0.1) is 0 Å². The Hall–Kier alpha value is -3.52. The summed E-state index contributed by atoms with van der Waals surface area (Å²) in [5.41, 5.74) is 5.80. The minimum Gasteiger partial charge on any atom is -0.352 e. The number of anilines is 4. The minimum absolute atomic E-state index is 0. The number of aromatic nitrogens is 3. The average Bonchev–Trinajstić information content (AvgIpc) is 2.84. The summed E-state index contributed by atoms with van der Waals surface area (Å²) in [6.45, 7) is 9.88. The zero-order valence-corrected chi connectivity index (χ0v) is 22.9. The van der Waals surface area contributed by atoms with E-state index in [0.717, 1.165) is 36.5 Å². The Balaban J connectivity index is 0.00000400. The monoisotopic (exact) mass is 503 g/mol. The third-order valence-corrected chi connectivity index (χ3v) is 6.58. The van der Waals surface area contributed by atoms with Crippen LogP contribution in [0.3, 0.4) is 0 Å². The SMILES string of the molecule is CCNC(=O)c1cnc(Nc2ccc3c(c2)CCC(CN(C)C)C3)nc1Nc1ccnc(C(C)(C)C)c1.[HH]. The van der Waals surface area contributed by atoms with E-state index in [-0.39, 0.29) is 12.7 Å². The molecular weight excluding hydrogens is 462 g/mol. The van der Waals surface area contributed by atoms with Gasteiger partial charge >= 0.3 is 0 Å². The molecular formula is C29H41N7O. The van der Waals surface area contributed by atoms with Gasteiger partial charge in [0.15, 0.2) is 0 Å². The standard InChI is InChI=1S/C29H39N7O.H2/c1-7-30-27(37)24-17-32-28(35-26(24)33-23-12-13-31-25(16-23)29(2,3)4)34-22-11-10-20-14-19(18-36(5)6)8-9-21(20)15-22;/h10-13,15-17,19H,7-9,14,18H2,1-6H3,(H,30,37)(H2,31,32,33,34,35);1H. The van der Waals surface area contributed by atoms with Crippen molar-refractivity contribution in [2.45, 2.75) is 52.4 Å². The number of carbonyl (C=O) groups is 1. The van der Waals surface area contributed by atoms with Gasteiger partial charge in [-0.2, -0.15) is 4.98 Å². The molecule has 1 aliphatic carbocycles. The lowest BCUT2D eigenvalue weighted by molar-refractivity contribution is 0.0956. The molecule has 8 heteroatoms. The van der Waals surface area contributed by atoms with Gasteiger partial charge in [0, 0.05) is 49.4 Å². The predicted molar refractivity (Wildman–Crippen MR) is 152 cm³/mol. The molecule has 0 fully saturated rings. The number of rotatable bonds is 8. The molecule has 0 bridgehead atoms. The molecule has 2 heterocycles. The molecule has 4 rings (SSSR count). The highest BCUT2D eigenvalue weighted by Gasteiger charge is 2.21. The van der Waals surface area contributed by atoms with Crippen molar-refractivity contribution >= 4 is 29.0 Å². The van der Waals surface area contributed by atoms with E-state index < -0.39 is 0 Å². The summed E-state index contributed by atoms with van der Waals surface area (Å²) in [5.74, 6) is 1.36. The zero-order valence-electron chi connectivity index (χ0n) is 22.9. The first kappa shape index (κ1) is 26.5. The number of fused-ring (bicyclic) bond motifs is 1. The fraction of sp³-hybridized carbons (Fsp3) is 0.448. The normalized spacial score (nSPS) is 15.3. The first-order valence-corrected chi connectivity index (χ1v) is 13.0. The molecule has 0 aliphatic heterocycles. The van der Waals surface area contributed by atoms with Crippen molar-refractivity contribution in [3.05, 3.63) is 65.1 Å². The van der Waals surface area contributed by atoms with E-state index in [4.69, 9.17) is 4.98 Å². The van der Waals surface area contributed by atoms with Gasteiger partial charge in [0.1, 0.15) is 11.4 Å². The lowest BCUT2D eigenvalue weighted by atomic mass is 9.83. The third kappa shape index (κ3) is 6.83. The van der Waals surface area contributed by atoms with Gasteiger partial charge < -0.3 is 20.9 Å². The van der Waals surface area contributed by atoms with Crippen molar-refractivity contribution in [3.63, 3.8) is 0 Å². The molecule has 37 heavy (non-hydrogen) atoms. The Morgan fingerprint density at radius 2 is 1.86 bits per heavy atom. The van der Waals surface area contributed by atoms with E-state index in [0.29, 0.717) is 29.8 Å². The van der Waals surface area contributed by atoms with Crippen LogP contribution in [-0.2, 0) is 18.3 Å². The van der Waals surface area contributed by atoms with Crippen LogP contribution in [0.2, 0.25) is 0 Å². The predicted octanol–water partition coefficient (Wildman–Crippen LogP) is 5.32. The van der Waals surface area contributed by atoms with Crippen LogP contribution < -0.4 is 16.0 Å². The Morgan fingerprint density at radius 1 is 1.08 bits per heavy atom. The Labute approximate surface area is 221 Å². The molecule has 2 aromatic heterocycles. The van der Waals surface area contributed by atoms with Crippen LogP contribution in [0.15, 0.2) is 42.7 Å². The molecule has 0 radical (unpaired) electrons. The second kappa shape index (κ2) is 11.3. The number of amides is 1. The molecule has 0 spiro atoms. The lowest BCUT2D eigenvalue weighted by Crippen LogP contribution is -2.26. The molecule has 1 unspecified atom stereocenters. The third-order valence-electron chi connectivity index (χ3n) is 6.58. The van der Waals surface area contributed by atoms with Crippen molar-refractivity contribution in [2.24, 2.45) is 5.92 Å². The van der Waals surface area contributed by atoms with Crippen LogP contribution in [0, 0.1) is 5.92 Å². The molecule has 0 saturated carbocycles. The van der Waals surface area contributed by atoms with Gasteiger partial charge in [-0.3, -0.25) is 9.78 Å². The molecule has 1 amide bonds. The van der Waals surface area contributed by atoms with E-state index in [1.165, 1.54) is 17.5 Å². The summed E-state index contributed by atoms with van der Waals surface area (Å²) in [5, 5.41) is 9.52. The largest absolute Gasteiger partial charge is 0.352 e. The molecule has 1 aromatic carbocycles. The maximum Gasteiger partial charge on any atom is 0.256 e. The minimum atomic E-state index is -0.220. The molecule has 8 nitrogen and oxygen atoms in total. The Kier molecular flexibility index (Phi) is 8.07. The molecule has 3 aromatic rings. The summed E-state index contributed by atoms with van der Waals surface area (Å²) < 4.78 is 0. The fourth-order valence-electron chi connectivity index (χ4n) is 4.72. The van der Waals surface area contributed by atoms with Crippen LogP contribution in [0.25, 0.3) is 0 Å². The highest BCUT2D eigenvalue weighted by Crippen LogP contribution is 2.30. The molecule has 1 aliphatic rings. The van der Waals surface area contributed by atoms with Crippen molar-refractivity contribution in [3.8, 4) is 0 Å². The van der Waals surface area contributed by atoms with E-state index in [2.05, 4.69) is 83.9 Å². The Bertz CT molecular complexity index is 1260. The summed E-state index contributed by atoms with van der Waals surface area (Å²) >= 11 is 0. The summed E-state index contributed by atoms with van der Waals surface area (Å²) in [4.78, 5) is 28.7. The number of hydrogen-bond donors (Lipinski definition) is 3. The highest BCUT2D eigenvalue weighted by atomic mass is 16.1. The van der Waals surface area contributed by atoms with Gasteiger partial charge in [-0.05, 0) is 81.6 Å². The fourth-order valence-corrected chi connectivity index (χ4v) is 4.72. The summed E-state index contributed by atoms with van der Waals surface area (Å²) in [6.07, 6.45) is 6.72. The first-order chi connectivity index (χ1) is 17.6. The van der Waals surface area contributed by atoms with Gasteiger partial charge in [-0.15, -0.1) is 0 Å². The quantitative estimate of drug-likeness (QED) is 0.383. The van der Waals surface area contributed by atoms with E-state index in [1.807, 2.05) is 19.1 Å². The number of pyridine rings is 1. The molecule has 198 valence electrons. The highest BCUT2D eigenvalue weighted by molar-refractivity contribution is 5.99.